The van der Waals surface area contributed by atoms with E-state index in [4.69, 9.17) is 9.47 Å². The van der Waals surface area contributed by atoms with Crippen LogP contribution in [0.15, 0.2) is 0 Å². The van der Waals surface area contributed by atoms with E-state index in [0.717, 1.165) is 19.5 Å². The topological polar surface area (TPSA) is 28.2 Å². The van der Waals surface area contributed by atoms with Crippen molar-refractivity contribution >= 4 is 0 Å². The second kappa shape index (κ2) is 8.66. The molecule has 5 heteroatoms. The van der Waals surface area contributed by atoms with Crippen LogP contribution >= 0.6 is 0 Å². The van der Waals surface area contributed by atoms with Crippen molar-refractivity contribution in [3.63, 3.8) is 0 Å². The Morgan fingerprint density at radius 2 is 1.26 bits per heavy atom. The van der Waals surface area contributed by atoms with Gasteiger partial charge in [0.05, 0.1) is 30.6 Å². The third-order valence-corrected chi connectivity index (χ3v) is 6.21. The van der Waals surface area contributed by atoms with E-state index in [1.165, 1.54) is 52.1 Å². The summed E-state index contributed by atoms with van der Waals surface area (Å²) in [4.78, 5) is 7.86. The summed E-state index contributed by atoms with van der Waals surface area (Å²) in [7, 11) is 0. The molecule has 158 valence electrons. The lowest BCUT2D eigenvalue weighted by atomic mass is 9.90. The van der Waals surface area contributed by atoms with Crippen LogP contribution in [0.4, 0.5) is 0 Å². The van der Waals surface area contributed by atoms with E-state index in [1.54, 1.807) is 0 Å². The average molecular weight is 382 g/mol. The van der Waals surface area contributed by atoms with Crippen molar-refractivity contribution < 1.29 is 9.47 Å². The molecular weight excluding hydrogens is 338 g/mol. The maximum Gasteiger partial charge on any atom is 0.0631 e. The predicted molar refractivity (Wildman–Crippen MR) is 111 cm³/mol. The van der Waals surface area contributed by atoms with Gasteiger partial charge in [0.15, 0.2) is 0 Å². The molecule has 0 spiro atoms. The van der Waals surface area contributed by atoms with E-state index in [1.807, 2.05) is 0 Å². The molecule has 0 radical (unpaired) electrons. The molecule has 5 nitrogen and oxygen atoms in total. The maximum atomic E-state index is 6.33. The highest BCUT2D eigenvalue weighted by Crippen LogP contribution is 2.32. The van der Waals surface area contributed by atoms with Crippen LogP contribution in [-0.4, -0.2) is 90.1 Å². The normalized spacial score (nSPS) is 30.4. The van der Waals surface area contributed by atoms with E-state index < -0.39 is 0 Å². The lowest BCUT2D eigenvalue weighted by Crippen LogP contribution is -2.56. The van der Waals surface area contributed by atoms with Crippen molar-refractivity contribution in [3.8, 4) is 0 Å². The quantitative estimate of drug-likeness (QED) is 0.729. The smallest absolute Gasteiger partial charge is 0.0631 e. The number of piperidine rings is 1. The average Bonchev–Trinajstić information content (AvgIpc) is 2.53. The third kappa shape index (κ3) is 6.67. The Morgan fingerprint density at radius 3 is 1.78 bits per heavy atom. The Kier molecular flexibility index (Phi) is 6.90. The summed E-state index contributed by atoms with van der Waals surface area (Å²) in [5.41, 5.74) is 0.277. The lowest BCUT2D eigenvalue weighted by Gasteiger charge is -2.45. The molecular formula is C22H43N3O2. The van der Waals surface area contributed by atoms with Gasteiger partial charge in [-0.05, 0) is 67.2 Å². The van der Waals surface area contributed by atoms with Crippen LogP contribution in [0.2, 0.25) is 0 Å². The minimum Gasteiger partial charge on any atom is -0.375 e. The van der Waals surface area contributed by atoms with Crippen LogP contribution in [0.5, 0.6) is 0 Å². The number of ether oxygens (including phenoxy) is 2. The van der Waals surface area contributed by atoms with Crippen LogP contribution in [0.3, 0.4) is 0 Å². The Morgan fingerprint density at radius 1 is 0.704 bits per heavy atom. The van der Waals surface area contributed by atoms with E-state index in [-0.39, 0.29) is 5.60 Å². The molecule has 1 saturated carbocycles. The van der Waals surface area contributed by atoms with Gasteiger partial charge in [0.1, 0.15) is 0 Å². The Hall–Kier alpha value is -0.200. The second-order valence-electron chi connectivity index (χ2n) is 10.8. The minimum absolute atomic E-state index is 0.0284. The fourth-order valence-corrected chi connectivity index (χ4v) is 4.53. The first-order valence-electron chi connectivity index (χ1n) is 11.1. The number of likely N-dealkylation sites (tertiary alicyclic amines) is 1. The molecule has 27 heavy (non-hydrogen) atoms. The zero-order valence-electron chi connectivity index (χ0n) is 18.7. The van der Waals surface area contributed by atoms with Gasteiger partial charge in [-0.25, -0.2) is 0 Å². The van der Waals surface area contributed by atoms with Gasteiger partial charge in [-0.15, -0.1) is 0 Å². The molecule has 0 aromatic heterocycles. The van der Waals surface area contributed by atoms with E-state index in [9.17, 15) is 0 Å². The summed E-state index contributed by atoms with van der Waals surface area (Å²) >= 11 is 0. The first kappa shape index (κ1) is 21.5. The van der Waals surface area contributed by atoms with Crippen LogP contribution < -0.4 is 0 Å². The first-order chi connectivity index (χ1) is 12.6. The largest absolute Gasteiger partial charge is 0.375 e. The molecule has 2 saturated heterocycles. The highest BCUT2D eigenvalue weighted by atomic mass is 16.5. The molecule has 0 aromatic carbocycles. The Labute approximate surface area is 167 Å². The van der Waals surface area contributed by atoms with Gasteiger partial charge in [0.25, 0.3) is 0 Å². The lowest BCUT2D eigenvalue weighted by molar-refractivity contribution is -0.168. The number of nitrogens with zero attached hydrogens (tertiary/aromatic N) is 3. The summed E-state index contributed by atoms with van der Waals surface area (Å²) in [6.45, 7) is 21.7. The highest BCUT2D eigenvalue weighted by molar-refractivity contribution is 4.86. The van der Waals surface area contributed by atoms with Crippen molar-refractivity contribution in [3.05, 3.63) is 0 Å². The van der Waals surface area contributed by atoms with E-state index in [2.05, 4.69) is 56.2 Å². The third-order valence-electron chi connectivity index (χ3n) is 6.21. The fraction of sp³-hybridized carbons (Fsp3) is 1.00. The minimum atomic E-state index is -0.0284. The van der Waals surface area contributed by atoms with Gasteiger partial charge in [-0.3, -0.25) is 14.7 Å². The molecule has 2 aliphatic heterocycles. The molecule has 3 rings (SSSR count). The van der Waals surface area contributed by atoms with Gasteiger partial charge in [0, 0.05) is 44.8 Å². The molecule has 0 aromatic rings. The SMILES string of the molecule is CC(C)(C)OC1CC(OC2CCN(CN3CCN(C(C)(C)C)CC3)CC2)C1. The first-order valence-corrected chi connectivity index (χ1v) is 11.1. The van der Waals surface area contributed by atoms with E-state index in [0.29, 0.717) is 23.9 Å². The van der Waals surface area contributed by atoms with Gasteiger partial charge in [-0.2, -0.15) is 0 Å². The van der Waals surface area contributed by atoms with Crippen molar-refractivity contribution in [1.82, 2.24) is 14.7 Å². The van der Waals surface area contributed by atoms with Gasteiger partial charge in [-0.1, -0.05) is 0 Å². The van der Waals surface area contributed by atoms with Crippen molar-refractivity contribution in [1.29, 1.82) is 0 Å². The number of hydrogen-bond donors (Lipinski definition) is 0. The van der Waals surface area contributed by atoms with E-state index >= 15 is 0 Å². The van der Waals surface area contributed by atoms with Crippen LogP contribution in [0, 0.1) is 0 Å². The number of piperazine rings is 1. The molecule has 0 amide bonds. The Bertz CT molecular complexity index is 449. The fourth-order valence-electron chi connectivity index (χ4n) is 4.53. The molecule has 0 unspecified atom stereocenters. The summed E-state index contributed by atoms with van der Waals surface area (Å²) < 4.78 is 12.4. The zero-order chi connectivity index (χ0) is 19.7. The molecule has 0 atom stereocenters. The monoisotopic (exact) mass is 381 g/mol. The predicted octanol–water partition coefficient (Wildman–Crippen LogP) is 3.19. The molecule has 0 N–H and O–H groups in total. The molecule has 2 heterocycles. The Balaban J connectivity index is 1.28. The van der Waals surface area contributed by atoms with Crippen LogP contribution in [0.25, 0.3) is 0 Å². The highest BCUT2D eigenvalue weighted by Gasteiger charge is 2.36. The summed E-state index contributed by atoms with van der Waals surface area (Å²) in [5.74, 6) is 0. The molecule has 0 bridgehead atoms. The number of rotatable bonds is 5. The van der Waals surface area contributed by atoms with Crippen LogP contribution in [-0.2, 0) is 9.47 Å². The zero-order valence-corrected chi connectivity index (χ0v) is 18.7. The second-order valence-corrected chi connectivity index (χ2v) is 10.8. The van der Waals surface area contributed by atoms with Crippen molar-refractivity contribution in [2.75, 3.05) is 45.9 Å². The number of hydrogen-bond acceptors (Lipinski definition) is 5. The van der Waals surface area contributed by atoms with Gasteiger partial charge >= 0.3 is 0 Å². The standard InChI is InChI=1S/C22H43N3O2/c1-21(2,3)25-13-11-24(12-14-25)17-23-9-7-18(8-10-23)26-19-15-20(16-19)27-22(4,5)6/h18-20H,7-17H2,1-6H3. The molecule has 1 aliphatic carbocycles. The summed E-state index contributed by atoms with van der Waals surface area (Å²) in [6.07, 6.45) is 5.82. The summed E-state index contributed by atoms with van der Waals surface area (Å²) in [6, 6.07) is 0. The van der Waals surface area contributed by atoms with Crippen molar-refractivity contribution in [2.24, 2.45) is 0 Å². The van der Waals surface area contributed by atoms with Crippen molar-refractivity contribution in [2.45, 2.75) is 96.7 Å². The van der Waals surface area contributed by atoms with Crippen LogP contribution in [0.1, 0.15) is 67.2 Å². The maximum absolute atomic E-state index is 6.33. The summed E-state index contributed by atoms with van der Waals surface area (Å²) in [5, 5.41) is 0. The molecule has 3 aliphatic rings. The van der Waals surface area contributed by atoms with Gasteiger partial charge in [0.2, 0.25) is 0 Å². The van der Waals surface area contributed by atoms with Gasteiger partial charge < -0.3 is 9.47 Å². The molecule has 3 fully saturated rings.